The number of anilines is 1. The Bertz CT molecular complexity index is 534. The van der Waals surface area contributed by atoms with Crippen molar-refractivity contribution >= 4 is 5.82 Å². The molecule has 19 heavy (non-hydrogen) atoms. The van der Waals surface area contributed by atoms with Crippen molar-refractivity contribution in [2.75, 3.05) is 11.9 Å². The normalized spacial score (nSPS) is 11.6. The highest BCUT2D eigenvalue weighted by molar-refractivity contribution is 5.45. The van der Waals surface area contributed by atoms with E-state index in [1.54, 1.807) is 6.20 Å². The topological polar surface area (TPSA) is 42.7 Å². The van der Waals surface area contributed by atoms with E-state index in [1.165, 1.54) is 17.1 Å². The molecule has 2 heterocycles. The maximum absolute atomic E-state index is 12.8. The summed E-state index contributed by atoms with van der Waals surface area (Å²) in [6, 6.07) is 2.01. The molecule has 0 fully saturated rings. The number of alkyl halides is 3. The Kier molecular flexibility index (Phi) is 3.73. The van der Waals surface area contributed by atoms with Gasteiger partial charge in [0.1, 0.15) is 18.0 Å². The van der Waals surface area contributed by atoms with Gasteiger partial charge in [-0.05, 0) is 18.6 Å². The fraction of sp³-hybridized carbons (Fsp3) is 0.333. The smallest absolute Gasteiger partial charge is 0.370 e. The predicted molar refractivity (Wildman–Crippen MR) is 65.1 cm³/mol. The lowest BCUT2D eigenvalue weighted by molar-refractivity contribution is -0.137. The van der Waals surface area contributed by atoms with Gasteiger partial charge in [0.2, 0.25) is 0 Å². The lowest BCUT2D eigenvalue weighted by Gasteiger charge is -2.12. The minimum absolute atomic E-state index is 0.186. The Balaban J connectivity index is 2.43. The molecule has 7 heteroatoms. The molecule has 2 rings (SSSR count). The molecule has 0 unspecified atom stereocenters. The van der Waals surface area contributed by atoms with E-state index in [2.05, 4.69) is 15.3 Å². The fourth-order valence-electron chi connectivity index (χ4n) is 1.55. The number of pyridine rings is 1. The zero-order valence-electron chi connectivity index (χ0n) is 10.3. The molecule has 0 aliphatic heterocycles. The van der Waals surface area contributed by atoms with Gasteiger partial charge in [-0.2, -0.15) is 13.2 Å². The van der Waals surface area contributed by atoms with Crippen LogP contribution in [-0.4, -0.2) is 21.1 Å². The molecule has 4 nitrogen and oxygen atoms in total. The van der Waals surface area contributed by atoms with Crippen molar-refractivity contribution in [1.82, 2.24) is 14.5 Å². The third-order valence-corrected chi connectivity index (χ3v) is 2.46. The van der Waals surface area contributed by atoms with Crippen LogP contribution in [0.5, 0.6) is 0 Å². The molecule has 2 aromatic heterocycles. The minimum Gasteiger partial charge on any atom is -0.370 e. The standard InChI is InChI=1S/C12H13F3N4/c1-2-3-17-10-6-9(12(13,14)15)7-11(18-10)19-5-4-16-8-19/h4-8H,2-3H2,1H3,(H,17,18). The highest BCUT2D eigenvalue weighted by Crippen LogP contribution is 2.31. The second kappa shape index (κ2) is 5.29. The highest BCUT2D eigenvalue weighted by atomic mass is 19.4. The van der Waals surface area contributed by atoms with Gasteiger partial charge in [-0.3, -0.25) is 4.57 Å². The van der Waals surface area contributed by atoms with Crippen LogP contribution in [0.4, 0.5) is 19.0 Å². The second-order valence-corrected chi connectivity index (χ2v) is 3.99. The largest absolute Gasteiger partial charge is 0.416 e. The first-order valence-electron chi connectivity index (χ1n) is 5.82. The summed E-state index contributed by atoms with van der Waals surface area (Å²) in [5, 5.41) is 2.86. The van der Waals surface area contributed by atoms with Crippen LogP contribution in [0, 0.1) is 0 Å². The van der Waals surface area contributed by atoms with Crippen LogP contribution in [0.1, 0.15) is 18.9 Å². The Morgan fingerprint density at radius 2 is 2.11 bits per heavy atom. The molecule has 102 valence electrons. The third kappa shape index (κ3) is 3.24. The molecule has 1 N–H and O–H groups in total. The first-order chi connectivity index (χ1) is 9.00. The van der Waals surface area contributed by atoms with Crippen LogP contribution in [0.3, 0.4) is 0 Å². The van der Waals surface area contributed by atoms with E-state index in [0.717, 1.165) is 18.6 Å². The Morgan fingerprint density at radius 3 is 2.68 bits per heavy atom. The lowest BCUT2D eigenvalue weighted by atomic mass is 10.2. The zero-order chi connectivity index (χ0) is 13.9. The molecule has 0 bridgehead atoms. The maximum Gasteiger partial charge on any atom is 0.416 e. The number of hydrogen-bond acceptors (Lipinski definition) is 3. The van der Waals surface area contributed by atoms with Crippen LogP contribution < -0.4 is 5.32 Å². The predicted octanol–water partition coefficient (Wildman–Crippen LogP) is 3.11. The summed E-state index contributed by atoms with van der Waals surface area (Å²) < 4.78 is 39.9. The van der Waals surface area contributed by atoms with Gasteiger partial charge in [0.05, 0.1) is 5.56 Å². The van der Waals surface area contributed by atoms with E-state index in [0.29, 0.717) is 6.54 Å². The number of rotatable bonds is 4. The molecule has 0 aliphatic carbocycles. The first-order valence-corrected chi connectivity index (χ1v) is 5.82. The lowest BCUT2D eigenvalue weighted by Crippen LogP contribution is -2.11. The van der Waals surface area contributed by atoms with Crippen molar-refractivity contribution in [2.24, 2.45) is 0 Å². The van der Waals surface area contributed by atoms with Crippen LogP contribution in [0.2, 0.25) is 0 Å². The summed E-state index contributed by atoms with van der Waals surface area (Å²) in [6.45, 7) is 2.50. The number of aromatic nitrogens is 3. The Hall–Kier alpha value is -2.05. The average molecular weight is 270 g/mol. The summed E-state index contributed by atoms with van der Waals surface area (Å²) in [5.41, 5.74) is -0.732. The second-order valence-electron chi connectivity index (χ2n) is 3.99. The van der Waals surface area contributed by atoms with Crippen LogP contribution >= 0.6 is 0 Å². The summed E-state index contributed by atoms with van der Waals surface area (Å²) in [5.74, 6) is 0.395. The monoisotopic (exact) mass is 270 g/mol. The molecular weight excluding hydrogens is 257 g/mol. The number of imidazole rings is 1. The highest BCUT2D eigenvalue weighted by Gasteiger charge is 2.31. The van der Waals surface area contributed by atoms with E-state index in [4.69, 9.17) is 0 Å². The quantitative estimate of drug-likeness (QED) is 0.928. The summed E-state index contributed by atoms with van der Waals surface area (Å²) >= 11 is 0. The molecule has 2 aromatic rings. The van der Waals surface area contributed by atoms with Crippen LogP contribution in [-0.2, 0) is 6.18 Å². The number of nitrogens with zero attached hydrogens (tertiary/aromatic N) is 3. The number of hydrogen-bond donors (Lipinski definition) is 1. The van der Waals surface area contributed by atoms with Crippen LogP contribution in [0.25, 0.3) is 5.82 Å². The molecular formula is C12H13F3N4. The first kappa shape index (κ1) is 13.4. The summed E-state index contributed by atoms with van der Waals surface area (Å²) in [6.07, 6.45) is 0.846. The molecule has 0 saturated carbocycles. The Morgan fingerprint density at radius 1 is 1.32 bits per heavy atom. The number of halogens is 3. The van der Waals surface area contributed by atoms with Crippen molar-refractivity contribution in [1.29, 1.82) is 0 Å². The summed E-state index contributed by atoms with van der Waals surface area (Å²) in [4.78, 5) is 7.94. The molecule has 0 amide bonds. The van der Waals surface area contributed by atoms with Crippen molar-refractivity contribution in [3.05, 3.63) is 36.4 Å². The molecule has 0 saturated heterocycles. The number of nitrogens with one attached hydrogen (secondary N) is 1. The minimum atomic E-state index is -4.40. The third-order valence-electron chi connectivity index (χ3n) is 2.46. The van der Waals surface area contributed by atoms with E-state index in [1.807, 2.05) is 6.92 Å². The van der Waals surface area contributed by atoms with E-state index < -0.39 is 11.7 Å². The van der Waals surface area contributed by atoms with Crippen molar-refractivity contribution in [3.63, 3.8) is 0 Å². The molecule has 0 aliphatic rings. The van der Waals surface area contributed by atoms with Gasteiger partial charge in [0.15, 0.2) is 0 Å². The van der Waals surface area contributed by atoms with Gasteiger partial charge in [0, 0.05) is 18.9 Å². The fourth-order valence-corrected chi connectivity index (χ4v) is 1.55. The molecule has 0 aromatic carbocycles. The van der Waals surface area contributed by atoms with Crippen molar-refractivity contribution in [3.8, 4) is 5.82 Å². The van der Waals surface area contributed by atoms with Gasteiger partial charge in [-0.15, -0.1) is 0 Å². The molecule has 0 atom stereocenters. The van der Waals surface area contributed by atoms with Crippen LogP contribution in [0.15, 0.2) is 30.9 Å². The Labute approximate surface area is 108 Å². The molecule has 0 radical (unpaired) electrons. The van der Waals surface area contributed by atoms with Gasteiger partial charge >= 0.3 is 6.18 Å². The zero-order valence-corrected chi connectivity index (χ0v) is 10.3. The van der Waals surface area contributed by atoms with Crippen molar-refractivity contribution < 1.29 is 13.2 Å². The summed E-state index contributed by atoms with van der Waals surface area (Å²) in [7, 11) is 0. The van der Waals surface area contributed by atoms with Gasteiger partial charge in [0.25, 0.3) is 0 Å². The molecule has 0 spiro atoms. The van der Waals surface area contributed by atoms with E-state index >= 15 is 0 Å². The SMILES string of the molecule is CCCNc1cc(C(F)(F)F)cc(-n2ccnc2)n1. The van der Waals surface area contributed by atoms with Gasteiger partial charge in [-0.1, -0.05) is 6.92 Å². The average Bonchev–Trinajstić information content (AvgIpc) is 2.89. The maximum atomic E-state index is 12.8. The van der Waals surface area contributed by atoms with Gasteiger partial charge in [-0.25, -0.2) is 9.97 Å². The van der Waals surface area contributed by atoms with E-state index in [-0.39, 0.29) is 11.6 Å². The van der Waals surface area contributed by atoms with Gasteiger partial charge < -0.3 is 5.32 Å². The van der Waals surface area contributed by atoms with Crippen molar-refractivity contribution in [2.45, 2.75) is 19.5 Å². The van der Waals surface area contributed by atoms with E-state index in [9.17, 15) is 13.2 Å².